The van der Waals surface area contributed by atoms with Gasteiger partial charge in [-0.2, -0.15) is 0 Å². The van der Waals surface area contributed by atoms with Crippen molar-refractivity contribution in [2.24, 2.45) is 11.8 Å². The first-order chi connectivity index (χ1) is 29.2. The second-order valence-corrected chi connectivity index (χ2v) is 19.5. The fraction of sp³-hybridized carbons (Fsp3) is 0.944. The van der Waals surface area contributed by atoms with Crippen LogP contribution in [-0.4, -0.2) is 37.2 Å². The molecule has 0 aliphatic heterocycles. The van der Waals surface area contributed by atoms with Gasteiger partial charge in [-0.15, -0.1) is 0 Å². The van der Waals surface area contributed by atoms with Gasteiger partial charge in [0.05, 0.1) is 0 Å². The molecule has 6 nitrogen and oxygen atoms in total. The lowest BCUT2D eigenvalue weighted by Gasteiger charge is -2.18. The third kappa shape index (κ3) is 47.5. The SMILES string of the molecule is CCCCCCCCCCCC(=O)O[C@@H](COC(=O)CCCCCCCCCCCCCCCCCCC(C)C)COC(=O)CCCCCCCCCCCCCC(C)C. The molecule has 0 radical (unpaired) electrons. The number of unbranched alkanes of at least 4 members (excludes halogenated alkanes) is 33. The van der Waals surface area contributed by atoms with Crippen molar-refractivity contribution in [1.82, 2.24) is 0 Å². The first-order valence-electron chi connectivity index (χ1n) is 26.7. The average Bonchev–Trinajstić information content (AvgIpc) is 3.22. The predicted octanol–water partition coefficient (Wildman–Crippen LogP) is 17.3. The van der Waals surface area contributed by atoms with E-state index in [0.717, 1.165) is 69.6 Å². The summed E-state index contributed by atoms with van der Waals surface area (Å²) in [6.45, 7) is 11.4. The Bertz CT molecular complexity index is 916. The smallest absolute Gasteiger partial charge is 0.306 e. The standard InChI is InChI=1S/C54H104O6/c1-6-7-8-9-10-22-31-36-41-46-54(57)60-51(48-59-53(56)45-40-35-30-26-21-17-19-24-28-33-38-43-50(4)5)47-58-52(55)44-39-34-29-25-20-16-14-12-11-13-15-18-23-27-32-37-42-49(2)3/h49-51H,6-48H2,1-5H3/t51-/m0/s1. The van der Waals surface area contributed by atoms with E-state index in [4.69, 9.17) is 14.2 Å². The Hall–Kier alpha value is -1.59. The summed E-state index contributed by atoms with van der Waals surface area (Å²) in [5.41, 5.74) is 0. The van der Waals surface area contributed by atoms with Crippen LogP contribution in [0.2, 0.25) is 0 Å². The van der Waals surface area contributed by atoms with E-state index in [9.17, 15) is 14.4 Å². The largest absolute Gasteiger partial charge is 0.462 e. The molecule has 0 saturated heterocycles. The second kappa shape index (κ2) is 46.9. The van der Waals surface area contributed by atoms with Crippen LogP contribution in [0.1, 0.15) is 298 Å². The maximum absolute atomic E-state index is 12.7. The number of carbonyl (C=O) groups is 3. The highest BCUT2D eigenvalue weighted by atomic mass is 16.6. The Kier molecular flexibility index (Phi) is 45.7. The van der Waals surface area contributed by atoms with Gasteiger partial charge < -0.3 is 14.2 Å². The summed E-state index contributed by atoms with van der Waals surface area (Å²) in [6, 6.07) is 0. The lowest BCUT2D eigenvalue weighted by atomic mass is 10.0. The fourth-order valence-corrected chi connectivity index (χ4v) is 8.17. The third-order valence-corrected chi connectivity index (χ3v) is 12.2. The summed E-state index contributed by atoms with van der Waals surface area (Å²) >= 11 is 0. The average molecular weight is 849 g/mol. The summed E-state index contributed by atoms with van der Waals surface area (Å²) in [4.78, 5) is 37.9. The minimum Gasteiger partial charge on any atom is -0.462 e. The van der Waals surface area contributed by atoms with Crippen molar-refractivity contribution in [2.45, 2.75) is 304 Å². The Balaban J connectivity index is 4.20. The molecule has 60 heavy (non-hydrogen) atoms. The topological polar surface area (TPSA) is 78.9 Å². The van der Waals surface area contributed by atoms with Gasteiger partial charge in [0.1, 0.15) is 13.2 Å². The molecule has 0 spiro atoms. The van der Waals surface area contributed by atoms with E-state index in [1.807, 2.05) is 0 Å². The van der Waals surface area contributed by atoms with Crippen molar-refractivity contribution in [1.29, 1.82) is 0 Å². The lowest BCUT2D eigenvalue weighted by Crippen LogP contribution is -2.30. The van der Waals surface area contributed by atoms with Crippen molar-refractivity contribution < 1.29 is 28.6 Å². The fourth-order valence-electron chi connectivity index (χ4n) is 8.17. The van der Waals surface area contributed by atoms with Gasteiger partial charge in [0.2, 0.25) is 0 Å². The van der Waals surface area contributed by atoms with Crippen LogP contribution in [0.3, 0.4) is 0 Å². The summed E-state index contributed by atoms with van der Waals surface area (Å²) in [6.07, 6.45) is 48.1. The van der Waals surface area contributed by atoms with Crippen LogP contribution in [0, 0.1) is 11.8 Å². The quantitative estimate of drug-likeness (QED) is 0.0345. The molecular formula is C54H104O6. The van der Waals surface area contributed by atoms with Crippen LogP contribution < -0.4 is 0 Å². The minimum absolute atomic E-state index is 0.0635. The molecule has 0 amide bonds. The highest BCUT2D eigenvalue weighted by Crippen LogP contribution is 2.18. The van der Waals surface area contributed by atoms with Crippen LogP contribution in [0.15, 0.2) is 0 Å². The molecule has 0 aromatic heterocycles. The Morgan fingerprint density at radius 3 is 0.817 bits per heavy atom. The highest BCUT2D eigenvalue weighted by molar-refractivity contribution is 5.71. The molecule has 1 atom stereocenters. The molecular weight excluding hydrogens is 745 g/mol. The zero-order valence-electron chi connectivity index (χ0n) is 41.1. The molecule has 0 unspecified atom stereocenters. The van der Waals surface area contributed by atoms with E-state index >= 15 is 0 Å². The maximum Gasteiger partial charge on any atom is 0.306 e. The molecule has 0 N–H and O–H groups in total. The molecule has 0 bridgehead atoms. The van der Waals surface area contributed by atoms with Gasteiger partial charge in [0, 0.05) is 19.3 Å². The number of esters is 3. The minimum atomic E-state index is -0.761. The number of carbonyl (C=O) groups excluding carboxylic acids is 3. The Labute approximate surface area is 374 Å². The van der Waals surface area contributed by atoms with Crippen LogP contribution in [0.25, 0.3) is 0 Å². The van der Waals surface area contributed by atoms with Crippen LogP contribution in [-0.2, 0) is 28.6 Å². The van der Waals surface area contributed by atoms with E-state index in [2.05, 4.69) is 34.6 Å². The molecule has 0 heterocycles. The zero-order chi connectivity index (χ0) is 44.0. The monoisotopic (exact) mass is 849 g/mol. The number of hydrogen-bond acceptors (Lipinski definition) is 6. The molecule has 0 aliphatic carbocycles. The van der Waals surface area contributed by atoms with Gasteiger partial charge in [-0.3, -0.25) is 14.4 Å². The van der Waals surface area contributed by atoms with Gasteiger partial charge >= 0.3 is 17.9 Å². The Morgan fingerprint density at radius 1 is 0.317 bits per heavy atom. The number of hydrogen-bond donors (Lipinski definition) is 0. The van der Waals surface area contributed by atoms with E-state index in [1.165, 1.54) is 186 Å². The van der Waals surface area contributed by atoms with Gasteiger partial charge in [0.25, 0.3) is 0 Å². The first kappa shape index (κ1) is 58.4. The van der Waals surface area contributed by atoms with Crippen molar-refractivity contribution in [3.05, 3.63) is 0 Å². The molecule has 0 saturated carbocycles. The van der Waals surface area contributed by atoms with E-state index in [0.29, 0.717) is 19.3 Å². The van der Waals surface area contributed by atoms with Crippen molar-refractivity contribution in [3.63, 3.8) is 0 Å². The third-order valence-electron chi connectivity index (χ3n) is 12.2. The van der Waals surface area contributed by atoms with E-state index in [1.54, 1.807) is 0 Å². The van der Waals surface area contributed by atoms with Crippen LogP contribution in [0.4, 0.5) is 0 Å². The molecule has 356 valence electrons. The van der Waals surface area contributed by atoms with Gasteiger partial charge in [-0.1, -0.05) is 259 Å². The molecule has 0 rings (SSSR count). The van der Waals surface area contributed by atoms with Crippen LogP contribution in [0.5, 0.6) is 0 Å². The van der Waals surface area contributed by atoms with Crippen molar-refractivity contribution in [3.8, 4) is 0 Å². The first-order valence-corrected chi connectivity index (χ1v) is 26.7. The second-order valence-electron chi connectivity index (χ2n) is 19.5. The van der Waals surface area contributed by atoms with E-state index in [-0.39, 0.29) is 31.1 Å². The Morgan fingerprint density at radius 2 is 0.550 bits per heavy atom. The summed E-state index contributed by atoms with van der Waals surface area (Å²) in [5.74, 6) is 0.831. The molecule has 0 aliphatic rings. The summed E-state index contributed by atoms with van der Waals surface area (Å²) < 4.78 is 16.8. The lowest BCUT2D eigenvalue weighted by molar-refractivity contribution is -0.167. The zero-order valence-corrected chi connectivity index (χ0v) is 41.1. The molecule has 6 heteroatoms. The molecule has 0 aromatic carbocycles. The van der Waals surface area contributed by atoms with Gasteiger partial charge in [-0.05, 0) is 31.1 Å². The summed E-state index contributed by atoms with van der Waals surface area (Å²) in [7, 11) is 0. The normalized spacial score (nSPS) is 12.1. The number of rotatable bonds is 48. The van der Waals surface area contributed by atoms with Crippen LogP contribution >= 0.6 is 0 Å². The maximum atomic E-state index is 12.7. The summed E-state index contributed by atoms with van der Waals surface area (Å²) in [5, 5.41) is 0. The van der Waals surface area contributed by atoms with Crippen molar-refractivity contribution >= 4 is 17.9 Å². The predicted molar refractivity (Wildman–Crippen MR) is 256 cm³/mol. The number of ether oxygens (including phenoxy) is 3. The molecule has 0 aromatic rings. The highest BCUT2D eigenvalue weighted by Gasteiger charge is 2.19. The van der Waals surface area contributed by atoms with Crippen molar-refractivity contribution in [2.75, 3.05) is 13.2 Å². The van der Waals surface area contributed by atoms with E-state index < -0.39 is 6.10 Å². The van der Waals surface area contributed by atoms with Gasteiger partial charge in [-0.25, -0.2) is 0 Å². The van der Waals surface area contributed by atoms with Gasteiger partial charge in [0.15, 0.2) is 6.10 Å². The molecule has 0 fully saturated rings.